The Bertz CT molecular complexity index is 203. The van der Waals surface area contributed by atoms with Gasteiger partial charge in [-0.3, -0.25) is 4.79 Å². The van der Waals surface area contributed by atoms with Crippen LogP contribution in [0.4, 0.5) is 0 Å². The number of esters is 1. The molecule has 4 nitrogen and oxygen atoms in total. The molecule has 0 heterocycles. The van der Waals surface area contributed by atoms with Gasteiger partial charge in [0, 0.05) is 22.6 Å². The normalized spacial score (nSPS) is 7.30. The Kier molecular flexibility index (Phi) is 4.66. The lowest BCUT2D eigenvalue weighted by Gasteiger charge is -1.92. The van der Waals surface area contributed by atoms with Gasteiger partial charge in [-0.2, -0.15) is 0 Å². The van der Waals surface area contributed by atoms with Crippen LogP contribution >= 0.6 is 22.6 Å². The molecule has 0 aromatic rings. The summed E-state index contributed by atoms with van der Waals surface area (Å²) in [6.07, 6.45) is 0. The molecule has 5 heteroatoms. The van der Waals surface area contributed by atoms with Crippen LogP contribution in [0.1, 0.15) is 0 Å². The fourth-order valence-corrected chi connectivity index (χ4v) is 0.356. The van der Waals surface area contributed by atoms with Gasteiger partial charge in [0.2, 0.25) is 0 Å². The maximum atomic E-state index is 10.3. The number of hydrogen-bond donors (Lipinski definition) is 1. The fourth-order valence-electron chi connectivity index (χ4n) is 0.200. The Morgan fingerprint density at radius 3 is 2.60 bits per heavy atom. The second-order valence-corrected chi connectivity index (χ2v) is 1.75. The quantitative estimate of drug-likeness (QED) is 0.294. The lowest BCUT2D eigenvalue weighted by Crippen LogP contribution is -2.25. The summed E-state index contributed by atoms with van der Waals surface area (Å²) in [4.78, 5) is 20.2. The smallest absolute Gasteiger partial charge is 0.397 e. The van der Waals surface area contributed by atoms with Gasteiger partial charge in [-0.15, -0.1) is 0 Å². The second kappa shape index (κ2) is 5.05. The number of carbonyl (C=O) groups is 2. The summed E-state index contributed by atoms with van der Waals surface area (Å²) in [5, 5.41) is 0. The summed E-state index contributed by atoms with van der Waals surface area (Å²) in [7, 11) is 0. The van der Waals surface area contributed by atoms with Crippen molar-refractivity contribution in [3.05, 3.63) is 0 Å². The highest BCUT2D eigenvalue weighted by molar-refractivity contribution is 14.1. The number of rotatable bonds is 1. The molecular weight excluding hydrogens is 249 g/mol. The van der Waals surface area contributed by atoms with Gasteiger partial charge >= 0.3 is 11.9 Å². The molecule has 0 aliphatic rings. The number of nitrogens with two attached hydrogens (primary N) is 1. The minimum absolute atomic E-state index is 0.0925. The Balaban J connectivity index is 3.57. The zero-order chi connectivity index (χ0) is 7.98. The molecule has 0 aromatic carbocycles. The predicted molar refractivity (Wildman–Crippen MR) is 41.9 cm³/mol. The summed E-state index contributed by atoms with van der Waals surface area (Å²) in [5.74, 6) is 0.262. The number of hydrogen-bond acceptors (Lipinski definition) is 3. The molecular formula is C5H4INO3. The summed E-state index contributed by atoms with van der Waals surface area (Å²) in [6.45, 7) is -0.0925. The maximum absolute atomic E-state index is 10.3. The third kappa shape index (κ3) is 4.14. The number of carbonyl (C=O) groups excluding carboxylic acids is 2. The van der Waals surface area contributed by atoms with E-state index in [-0.39, 0.29) is 6.61 Å². The average molecular weight is 253 g/mol. The van der Waals surface area contributed by atoms with Gasteiger partial charge in [0.05, 0.1) is 0 Å². The highest BCUT2D eigenvalue weighted by Gasteiger charge is 2.07. The molecule has 0 aliphatic carbocycles. The van der Waals surface area contributed by atoms with E-state index >= 15 is 0 Å². The zero-order valence-corrected chi connectivity index (χ0v) is 7.04. The minimum atomic E-state index is -1.10. The SMILES string of the molecule is NC(=O)C(=O)OCC#CI. The molecule has 0 spiro atoms. The van der Waals surface area contributed by atoms with Crippen molar-refractivity contribution in [2.24, 2.45) is 5.73 Å². The molecule has 0 unspecified atom stereocenters. The monoisotopic (exact) mass is 253 g/mol. The molecule has 0 saturated carbocycles. The van der Waals surface area contributed by atoms with Gasteiger partial charge < -0.3 is 10.5 Å². The van der Waals surface area contributed by atoms with E-state index in [2.05, 4.69) is 20.3 Å². The lowest BCUT2D eigenvalue weighted by atomic mass is 10.6. The van der Waals surface area contributed by atoms with E-state index in [0.717, 1.165) is 0 Å². The third-order valence-electron chi connectivity index (χ3n) is 0.543. The first-order chi connectivity index (χ1) is 4.68. The van der Waals surface area contributed by atoms with E-state index in [1.807, 2.05) is 0 Å². The minimum Gasteiger partial charge on any atom is -0.445 e. The van der Waals surface area contributed by atoms with Crippen LogP contribution in [-0.4, -0.2) is 18.5 Å². The van der Waals surface area contributed by atoms with Crippen molar-refractivity contribution >= 4 is 34.5 Å². The standard InChI is InChI=1S/C5H4INO3/c6-2-1-3-10-5(9)4(7)8/h3H2,(H2,7,8). The third-order valence-corrected chi connectivity index (χ3v) is 0.925. The molecule has 0 fully saturated rings. The van der Waals surface area contributed by atoms with E-state index in [9.17, 15) is 9.59 Å². The van der Waals surface area contributed by atoms with E-state index < -0.39 is 11.9 Å². The first-order valence-corrected chi connectivity index (χ1v) is 3.31. The van der Waals surface area contributed by atoms with Gasteiger partial charge in [0.15, 0.2) is 6.61 Å². The molecule has 0 atom stereocenters. The van der Waals surface area contributed by atoms with Crippen molar-refractivity contribution in [2.45, 2.75) is 0 Å². The summed E-state index contributed by atoms with van der Waals surface area (Å²) < 4.78 is 6.70. The highest BCUT2D eigenvalue weighted by atomic mass is 127. The molecule has 1 amide bonds. The number of halogens is 1. The van der Waals surface area contributed by atoms with E-state index in [4.69, 9.17) is 0 Å². The number of primary amides is 1. The summed E-state index contributed by atoms with van der Waals surface area (Å²) in [6, 6.07) is 0. The maximum Gasteiger partial charge on any atom is 0.397 e. The Morgan fingerprint density at radius 2 is 2.20 bits per heavy atom. The Labute approximate surface area is 71.2 Å². The lowest BCUT2D eigenvalue weighted by molar-refractivity contribution is -0.152. The van der Waals surface area contributed by atoms with E-state index in [1.54, 1.807) is 22.6 Å². The molecule has 0 radical (unpaired) electrons. The van der Waals surface area contributed by atoms with Gasteiger partial charge in [-0.25, -0.2) is 4.79 Å². The van der Waals surface area contributed by atoms with Gasteiger partial charge in [0.1, 0.15) is 0 Å². The molecule has 0 rings (SSSR count). The summed E-state index contributed by atoms with van der Waals surface area (Å²) in [5.41, 5.74) is 4.55. The van der Waals surface area contributed by atoms with Crippen molar-refractivity contribution in [1.82, 2.24) is 0 Å². The van der Waals surface area contributed by atoms with Crippen molar-refractivity contribution in [1.29, 1.82) is 0 Å². The fraction of sp³-hybridized carbons (Fsp3) is 0.200. The molecule has 0 saturated heterocycles. The predicted octanol–water partition coefficient (Wildman–Crippen LogP) is -0.589. The van der Waals surface area contributed by atoms with Crippen LogP contribution in [0.2, 0.25) is 0 Å². The molecule has 2 N–H and O–H groups in total. The topological polar surface area (TPSA) is 69.4 Å². The zero-order valence-electron chi connectivity index (χ0n) is 4.89. The second-order valence-electron chi connectivity index (χ2n) is 1.21. The van der Waals surface area contributed by atoms with Crippen molar-refractivity contribution < 1.29 is 14.3 Å². The van der Waals surface area contributed by atoms with Crippen LogP contribution in [0.5, 0.6) is 0 Å². The molecule has 54 valence electrons. The highest BCUT2D eigenvalue weighted by Crippen LogP contribution is 1.76. The number of amides is 1. The summed E-state index contributed by atoms with van der Waals surface area (Å²) >= 11 is 1.78. The van der Waals surface area contributed by atoms with E-state index in [1.165, 1.54) is 0 Å². The van der Waals surface area contributed by atoms with Crippen LogP contribution in [-0.2, 0) is 14.3 Å². The molecule has 0 bridgehead atoms. The van der Waals surface area contributed by atoms with E-state index in [0.29, 0.717) is 0 Å². The molecule has 0 aromatic heterocycles. The Hall–Kier alpha value is -0.770. The van der Waals surface area contributed by atoms with Crippen LogP contribution in [0.25, 0.3) is 0 Å². The van der Waals surface area contributed by atoms with Crippen molar-refractivity contribution in [3.8, 4) is 9.85 Å². The number of ether oxygens (including phenoxy) is 1. The molecule has 10 heavy (non-hydrogen) atoms. The van der Waals surface area contributed by atoms with Crippen LogP contribution in [0.15, 0.2) is 0 Å². The van der Waals surface area contributed by atoms with Crippen molar-refractivity contribution in [3.63, 3.8) is 0 Å². The first-order valence-electron chi connectivity index (χ1n) is 2.23. The van der Waals surface area contributed by atoms with Crippen LogP contribution < -0.4 is 5.73 Å². The van der Waals surface area contributed by atoms with Crippen LogP contribution in [0, 0.1) is 9.85 Å². The Morgan fingerprint density at radius 1 is 1.60 bits per heavy atom. The van der Waals surface area contributed by atoms with Crippen molar-refractivity contribution in [2.75, 3.05) is 6.61 Å². The van der Waals surface area contributed by atoms with Gasteiger partial charge in [-0.1, -0.05) is 5.92 Å². The largest absolute Gasteiger partial charge is 0.445 e. The van der Waals surface area contributed by atoms with Crippen LogP contribution in [0.3, 0.4) is 0 Å². The molecule has 0 aliphatic heterocycles. The van der Waals surface area contributed by atoms with Gasteiger partial charge in [0.25, 0.3) is 0 Å². The van der Waals surface area contributed by atoms with Gasteiger partial charge in [-0.05, 0) is 3.93 Å². The first kappa shape index (κ1) is 9.23. The average Bonchev–Trinajstić information content (AvgIpc) is 1.88.